The number of hydrogen-bond donors (Lipinski definition) is 0. The fraction of sp³-hybridized carbons (Fsp3) is 0.200. The molecule has 0 nitrogen and oxygen atoms in total. The van der Waals surface area contributed by atoms with Crippen LogP contribution in [0.4, 0.5) is 0 Å². The van der Waals surface area contributed by atoms with Crippen molar-refractivity contribution in [2.45, 2.75) is 21.0 Å². The third kappa shape index (κ3) is 2.14. The van der Waals surface area contributed by atoms with Crippen LogP contribution in [-0.4, -0.2) is 35.4 Å². The molecule has 4 rings (SSSR count). The van der Waals surface area contributed by atoms with Gasteiger partial charge in [-0.15, -0.1) is 0 Å². The molecule has 2 unspecified atom stereocenters. The van der Waals surface area contributed by atoms with Gasteiger partial charge in [0.25, 0.3) is 0 Å². The first-order chi connectivity index (χ1) is 10.7. The topological polar surface area (TPSA) is 0 Å². The van der Waals surface area contributed by atoms with Gasteiger partial charge in [-0.25, -0.2) is 0 Å². The summed E-state index contributed by atoms with van der Waals surface area (Å²) in [5.74, 6) is 0.990. The predicted molar refractivity (Wildman–Crippen MR) is 95.4 cm³/mol. The van der Waals surface area contributed by atoms with E-state index >= 15 is 0 Å². The molecule has 2 aliphatic rings. The van der Waals surface area contributed by atoms with Gasteiger partial charge in [-0.1, -0.05) is 0 Å². The Bertz CT molecular complexity index is 711. The summed E-state index contributed by atoms with van der Waals surface area (Å²) in [5.41, 5.74) is 5.76. The molecule has 0 N–H and O–H groups in total. The Morgan fingerprint density at radius 3 is 1.68 bits per heavy atom. The summed E-state index contributed by atoms with van der Waals surface area (Å²) in [4.78, 5) is 0. The van der Waals surface area contributed by atoms with Gasteiger partial charge in [0.1, 0.15) is 0 Å². The fourth-order valence-electron chi connectivity index (χ4n) is 4.28. The van der Waals surface area contributed by atoms with E-state index in [1.54, 1.807) is 0 Å². The Kier molecular flexibility index (Phi) is 3.76. The fourth-order valence-corrected chi connectivity index (χ4v) is 4.28. The Balaban J connectivity index is 1.80. The summed E-state index contributed by atoms with van der Waals surface area (Å²) in [6.07, 6.45) is 9.45. The van der Waals surface area contributed by atoms with Gasteiger partial charge in [-0.2, -0.15) is 0 Å². The molecule has 0 saturated heterocycles. The second-order valence-electron chi connectivity index (χ2n) is 6.79. The monoisotopic (exact) mass is 270 g/mol. The SMILES string of the molecule is [Li][CH2][C]([Li])(C1C=Cc2ccccc21)C1C=Cc2ccccc21. The normalized spacial score (nSPS) is 24.2. The van der Waals surface area contributed by atoms with Gasteiger partial charge in [0.05, 0.1) is 0 Å². The van der Waals surface area contributed by atoms with E-state index in [1.165, 1.54) is 27.3 Å². The number of hydrogen-bond acceptors (Lipinski definition) is 0. The van der Waals surface area contributed by atoms with Crippen LogP contribution in [0, 0.1) is 0 Å². The summed E-state index contributed by atoms with van der Waals surface area (Å²) >= 11 is 4.80. The Morgan fingerprint density at radius 1 is 0.773 bits per heavy atom. The van der Waals surface area contributed by atoms with Crippen molar-refractivity contribution in [1.29, 1.82) is 0 Å². The maximum absolute atomic E-state index is 2.46. The molecule has 2 aromatic rings. The molecule has 0 aromatic heterocycles. The first-order valence-electron chi connectivity index (χ1n) is 8.28. The average molecular weight is 270 g/mol. The summed E-state index contributed by atoms with van der Waals surface area (Å²) < 4.78 is 0.214. The standard InChI is InChI=1S/C20H16.2Li/c1-14(17-12-10-15-6-2-4-8-19(15)17)18-13-11-16-7-3-5-9-20(16)18;;/h2-13,17-18H,1H2;;. The number of allylic oxidation sites excluding steroid dienone is 2. The summed E-state index contributed by atoms with van der Waals surface area (Å²) in [6.45, 7) is 0. The molecular weight excluding hydrogens is 254 g/mol. The van der Waals surface area contributed by atoms with Crippen LogP contribution in [-0.2, 0) is 0 Å². The number of rotatable bonds is 3. The summed E-state index contributed by atoms with van der Waals surface area (Å²) in [5, 5.41) is 1.17. The van der Waals surface area contributed by atoms with Crippen molar-refractivity contribution in [3.63, 3.8) is 0 Å². The minimum absolute atomic E-state index is 0.214. The van der Waals surface area contributed by atoms with Gasteiger partial charge in [0.15, 0.2) is 0 Å². The Hall–Kier alpha value is -0.885. The molecule has 0 bridgehead atoms. The quantitative estimate of drug-likeness (QED) is 0.719. The zero-order chi connectivity index (χ0) is 15.2. The molecule has 0 heterocycles. The third-order valence-corrected chi connectivity index (χ3v) is 5.78. The van der Waals surface area contributed by atoms with Gasteiger partial charge in [-0.3, -0.25) is 0 Å². The van der Waals surface area contributed by atoms with Crippen LogP contribution in [0.2, 0.25) is 9.18 Å². The van der Waals surface area contributed by atoms with Crippen LogP contribution < -0.4 is 0 Å². The van der Waals surface area contributed by atoms with E-state index in [2.05, 4.69) is 108 Å². The molecular formula is C20H16Li2. The second-order valence-corrected chi connectivity index (χ2v) is 6.79. The van der Waals surface area contributed by atoms with E-state index in [-0.39, 0.29) is 4.09 Å². The van der Waals surface area contributed by atoms with Crippen molar-refractivity contribution in [2.24, 2.45) is 0 Å². The van der Waals surface area contributed by atoms with Crippen molar-refractivity contribution < 1.29 is 0 Å². The Morgan fingerprint density at radius 2 is 1.23 bits per heavy atom. The maximum atomic E-state index is 2.46. The molecule has 0 amide bonds. The van der Waals surface area contributed by atoms with Crippen LogP contribution in [0.15, 0.2) is 60.7 Å². The van der Waals surface area contributed by atoms with Crippen molar-refractivity contribution in [1.82, 2.24) is 0 Å². The van der Waals surface area contributed by atoms with Crippen molar-refractivity contribution in [3.8, 4) is 0 Å². The molecule has 0 fully saturated rings. The van der Waals surface area contributed by atoms with Gasteiger partial charge in [0, 0.05) is 0 Å². The molecule has 2 heteroatoms. The van der Waals surface area contributed by atoms with Crippen LogP contribution in [0.5, 0.6) is 0 Å². The zero-order valence-corrected chi connectivity index (χ0v) is 13.3. The van der Waals surface area contributed by atoms with E-state index in [4.69, 9.17) is 0 Å². The molecule has 0 spiro atoms. The molecule has 0 radical (unpaired) electrons. The van der Waals surface area contributed by atoms with Crippen LogP contribution in [0.25, 0.3) is 12.2 Å². The molecule has 0 saturated carbocycles. The number of benzene rings is 2. The molecule has 2 atom stereocenters. The van der Waals surface area contributed by atoms with Crippen LogP contribution in [0.3, 0.4) is 0 Å². The first kappa shape index (κ1) is 14.7. The third-order valence-electron chi connectivity index (χ3n) is 5.78. The molecule has 2 aromatic carbocycles. The average Bonchev–Trinajstić information content (AvgIpc) is 3.19. The Labute approximate surface area is 151 Å². The second kappa shape index (κ2) is 5.63. The molecule has 22 heavy (non-hydrogen) atoms. The minimum atomic E-state index is 0.214. The van der Waals surface area contributed by atoms with Crippen molar-refractivity contribution >= 4 is 47.6 Å². The van der Waals surface area contributed by atoms with Crippen LogP contribution in [0.1, 0.15) is 34.1 Å². The van der Waals surface area contributed by atoms with Gasteiger partial charge >= 0.3 is 152 Å². The molecule has 0 aliphatic heterocycles. The zero-order valence-electron chi connectivity index (χ0n) is 13.3. The molecule has 2 aliphatic carbocycles. The van der Waals surface area contributed by atoms with Crippen molar-refractivity contribution in [2.75, 3.05) is 0 Å². The summed E-state index contributed by atoms with van der Waals surface area (Å²) in [7, 11) is 0. The number of fused-ring (bicyclic) bond motifs is 2. The predicted octanol–water partition coefficient (Wildman–Crippen LogP) is 4.52. The first-order valence-corrected chi connectivity index (χ1v) is 8.28. The van der Waals surface area contributed by atoms with Crippen LogP contribution >= 0.6 is 0 Å². The van der Waals surface area contributed by atoms with Gasteiger partial charge in [0.2, 0.25) is 0 Å². The van der Waals surface area contributed by atoms with Gasteiger partial charge in [-0.05, 0) is 0 Å². The van der Waals surface area contributed by atoms with E-state index in [0.29, 0.717) is 11.8 Å². The van der Waals surface area contributed by atoms with E-state index in [0.717, 1.165) is 0 Å². The van der Waals surface area contributed by atoms with Gasteiger partial charge < -0.3 is 0 Å². The van der Waals surface area contributed by atoms with E-state index in [1.807, 2.05) is 0 Å². The van der Waals surface area contributed by atoms with Crippen molar-refractivity contribution in [3.05, 3.63) is 82.9 Å². The summed E-state index contributed by atoms with van der Waals surface area (Å²) in [6, 6.07) is 17.7. The van der Waals surface area contributed by atoms with E-state index < -0.39 is 0 Å². The van der Waals surface area contributed by atoms with E-state index in [9.17, 15) is 0 Å². The molecule has 98 valence electrons.